The lowest BCUT2D eigenvalue weighted by Crippen LogP contribution is -2.40. The molecule has 0 saturated heterocycles. The second-order valence-electron chi connectivity index (χ2n) is 4.60. The minimum atomic E-state index is -4.42. The summed E-state index contributed by atoms with van der Waals surface area (Å²) in [6, 6.07) is -0.352. The Labute approximate surface area is 108 Å². The summed E-state index contributed by atoms with van der Waals surface area (Å²) in [5.74, 6) is -0.756. The van der Waals surface area contributed by atoms with Crippen LogP contribution in [-0.4, -0.2) is 39.8 Å². The molecule has 3 N–H and O–H groups in total. The maximum absolute atomic E-state index is 12.5. The number of carbonyl (C=O) groups is 1. The lowest BCUT2D eigenvalue weighted by Gasteiger charge is -2.23. The highest BCUT2D eigenvalue weighted by atomic mass is 19.4. The van der Waals surface area contributed by atoms with Crippen molar-refractivity contribution in [1.82, 2.24) is 15.1 Å². The van der Waals surface area contributed by atoms with Crippen molar-refractivity contribution >= 4 is 11.6 Å². The standard InChI is InChI=1S/C11H15F3N4O/c1-2-7-8(15)9(17-16-7)10(19)18(6-3-4-6)5-11(12,13)14/h6H,2-5,15H2,1H3,(H,16,17). The summed E-state index contributed by atoms with van der Waals surface area (Å²) in [6.07, 6.45) is -2.70. The Morgan fingerprint density at radius 2 is 2.16 bits per heavy atom. The van der Waals surface area contributed by atoms with Crippen molar-refractivity contribution < 1.29 is 18.0 Å². The Morgan fingerprint density at radius 3 is 2.58 bits per heavy atom. The van der Waals surface area contributed by atoms with Crippen molar-refractivity contribution in [3.8, 4) is 0 Å². The molecule has 1 aromatic rings. The highest BCUT2D eigenvalue weighted by molar-refractivity contribution is 5.98. The van der Waals surface area contributed by atoms with Crippen molar-refractivity contribution in [1.29, 1.82) is 0 Å². The largest absolute Gasteiger partial charge is 0.406 e. The van der Waals surface area contributed by atoms with Gasteiger partial charge in [0.25, 0.3) is 5.91 Å². The third-order valence-electron chi connectivity index (χ3n) is 3.04. The Balaban J connectivity index is 2.21. The van der Waals surface area contributed by atoms with Gasteiger partial charge in [-0.1, -0.05) is 6.92 Å². The average Bonchev–Trinajstić information content (AvgIpc) is 3.08. The van der Waals surface area contributed by atoms with Crippen molar-refractivity contribution in [2.75, 3.05) is 12.3 Å². The van der Waals surface area contributed by atoms with Crippen LogP contribution in [0.25, 0.3) is 0 Å². The van der Waals surface area contributed by atoms with Crippen LogP contribution in [0, 0.1) is 0 Å². The molecule has 0 aromatic carbocycles. The van der Waals surface area contributed by atoms with E-state index < -0.39 is 18.6 Å². The lowest BCUT2D eigenvalue weighted by atomic mass is 10.2. The first kappa shape index (κ1) is 13.7. The van der Waals surface area contributed by atoms with Crippen LogP contribution < -0.4 is 5.73 Å². The van der Waals surface area contributed by atoms with Gasteiger partial charge in [0.2, 0.25) is 0 Å². The van der Waals surface area contributed by atoms with Crippen molar-refractivity contribution in [3.05, 3.63) is 11.4 Å². The number of hydrogen-bond acceptors (Lipinski definition) is 3. The molecule has 2 rings (SSSR count). The number of nitrogens with one attached hydrogen (secondary N) is 1. The van der Waals surface area contributed by atoms with Crippen molar-refractivity contribution in [2.45, 2.75) is 38.4 Å². The Hall–Kier alpha value is -1.73. The zero-order valence-electron chi connectivity index (χ0n) is 10.4. The van der Waals surface area contributed by atoms with Crippen LogP contribution >= 0.6 is 0 Å². The van der Waals surface area contributed by atoms with Gasteiger partial charge in [-0.15, -0.1) is 0 Å². The maximum Gasteiger partial charge on any atom is 0.406 e. The number of H-pyrrole nitrogens is 1. The number of alkyl halides is 3. The Morgan fingerprint density at radius 1 is 1.53 bits per heavy atom. The van der Waals surface area contributed by atoms with E-state index in [1.54, 1.807) is 0 Å². The van der Waals surface area contributed by atoms with Gasteiger partial charge in [0.1, 0.15) is 6.54 Å². The molecule has 8 heteroatoms. The first-order chi connectivity index (χ1) is 8.83. The van der Waals surface area contributed by atoms with Gasteiger partial charge in [-0.3, -0.25) is 9.89 Å². The lowest BCUT2D eigenvalue weighted by molar-refractivity contribution is -0.141. The maximum atomic E-state index is 12.5. The third-order valence-corrected chi connectivity index (χ3v) is 3.04. The topological polar surface area (TPSA) is 75.0 Å². The molecule has 0 radical (unpaired) electrons. The summed E-state index contributed by atoms with van der Waals surface area (Å²) in [6.45, 7) is 0.552. The summed E-state index contributed by atoms with van der Waals surface area (Å²) in [4.78, 5) is 12.9. The number of rotatable bonds is 4. The number of aromatic amines is 1. The fraction of sp³-hybridized carbons (Fsp3) is 0.636. The number of aromatic nitrogens is 2. The predicted octanol–water partition coefficient (Wildman–Crippen LogP) is 1.72. The van der Waals surface area contributed by atoms with Gasteiger partial charge in [-0.25, -0.2) is 0 Å². The Kier molecular flexibility index (Phi) is 3.42. The first-order valence-corrected chi connectivity index (χ1v) is 6.04. The summed E-state index contributed by atoms with van der Waals surface area (Å²) in [5, 5.41) is 6.32. The summed E-state index contributed by atoms with van der Waals surface area (Å²) in [5.41, 5.74) is 6.30. The molecule has 0 aliphatic heterocycles. The van der Waals surface area contributed by atoms with E-state index >= 15 is 0 Å². The fourth-order valence-corrected chi connectivity index (χ4v) is 1.90. The van der Waals surface area contributed by atoms with E-state index in [4.69, 9.17) is 5.73 Å². The molecule has 19 heavy (non-hydrogen) atoms. The summed E-state index contributed by atoms with van der Waals surface area (Å²) in [7, 11) is 0. The molecular formula is C11H15F3N4O. The zero-order chi connectivity index (χ0) is 14.2. The number of carbonyl (C=O) groups excluding carboxylic acids is 1. The number of nitrogens with two attached hydrogens (primary N) is 1. The van der Waals surface area contributed by atoms with E-state index in [1.165, 1.54) is 0 Å². The highest BCUT2D eigenvalue weighted by Gasteiger charge is 2.42. The molecule has 5 nitrogen and oxygen atoms in total. The number of hydrogen-bond donors (Lipinski definition) is 2. The van der Waals surface area contributed by atoms with Gasteiger partial charge in [0.05, 0.1) is 11.4 Å². The molecule has 0 unspecified atom stereocenters. The minimum Gasteiger partial charge on any atom is -0.395 e. The van der Waals surface area contributed by atoms with Crippen LogP contribution in [0.2, 0.25) is 0 Å². The number of nitrogens with zero attached hydrogens (tertiary/aromatic N) is 2. The normalized spacial score (nSPS) is 15.6. The number of halogens is 3. The van der Waals surface area contributed by atoms with E-state index in [2.05, 4.69) is 10.2 Å². The quantitative estimate of drug-likeness (QED) is 0.879. The van der Waals surface area contributed by atoms with Crippen molar-refractivity contribution in [2.24, 2.45) is 0 Å². The number of anilines is 1. The van der Waals surface area contributed by atoms with E-state index in [1.807, 2.05) is 6.92 Å². The van der Waals surface area contributed by atoms with Crippen LogP contribution in [0.1, 0.15) is 35.9 Å². The van der Waals surface area contributed by atoms with Gasteiger partial charge < -0.3 is 10.6 Å². The molecular weight excluding hydrogens is 261 g/mol. The van der Waals surface area contributed by atoms with Gasteiger partial charge >= 0.3 is 6.18 Å². The molecule has 0 spiro atoms. The third kappa shape index (κ3) is 2.99. The number of aryl methyl sites for hydroxylation is 1. The number of amides is 1. The van der Waals surface area contributed by atoms with Crippen LogP contribution in [0.5, 0.6) is 0 Å². The molecule has 1 amide bonds. The molecule has 1 fully saturated rings. The second-order valence-corrected chi connectivity index (χ2v) is 4.60. The van der Waals surface area contributed by atoms with Crippen LogP contribution in [0.4, 0.5) is 18.9 Å². The summed E-state index contributed by atoms with van der Waals surface area (Å²) >= 11 is 0. The van der Waals surface area contributed by atoms with Crippen LogP contribution in [-0.2, 0) is 6.42 Å². The first-order valence-electron chi connectivity index (χ1n) is 6.04. The SMILES string of the molecule is CCc1[nH]nc(C(=O)N(CC(F)(F)F)C2CC2)c1N. The van der Waals surface area contributed by atoms with Crippen LogP contribution in [0.15, 0.2) is 0 Å². The van der Waals surface area contributed by atoms with E-state index in [9.17, 15) is 18.0 Å². The Bertz CT molecular complexity index is 479. The average molecular weight is 276 g/mol. The second kappa shape index (κ2) is 4.75. The molecule has 1 aliphatic rings. The molecule has 1 saturated carbocycles. The molecule has 0 atom stereocenters. The molecule has 1 heterocycles. The van der Waals surface area contributed by atoms with Gasteiger partial charge in [-0.05, 0) is 19.3 Å². The van der Waals surface area contributed by atoms with E-state index in [0.717, 1.165) is 4.90 Å². The number of nitrogen functional groups attached to an aromatic ring is 1. The zero-order valence-corrected chi connectivity index (χ0v) is 10.4. The smallest absolute Gasteiger partial charge is 0.395 e. The highest BCUT2D eigenvalue weighted by Crippen LogP contribution is 2.32. The van der Waals surface area contributed by atoms with Crippen molar-refractivity contribution in [3.63, 3.8) is 0 Å². The van der Waals surface area contributed by atoms with Crippen LogP contribution in [0.3, 0.4) is 0 Å². The van der Waals surface area contributed by atoms with Gasteiger partial charge in [0.15, 0.2) is 5.69 Å². The monoisotopic (exact) mass is 276 g/mol. The van der Waals surface area contributed by atoms with E-state index in [-0.39, 0.29) is 17.4 Å². The molecule has 106 valence electrons. The molecule has 1 aromatic heterocycles. The van der Waals surface area contributed by atoms with Gasteiger partial charge in [0, 0.05) is 6.04 Å². The molecule has 0 bridgehead atoms. The fourth-order valence-electron chi connectivity index (χ4n) is 1.90. The minimum absolute atomic E-state index is 0.118. The summed E-state index contributed by atoms with van der Waals surface area (Å²) < 4.78 is 37.5. The predicted molar refractivity (Wildman–Crippen MR) is 62.5 cm³/mol. The van der Waals surface area contributed by atoms with Gasteiger partial charge in [-0.2, -0.15) is 18.3 Å². The molecule has 1 aliphatic carbocycles. The van der Waals surface area contributed by atoms with E-state index in [0.29, 0.717) is 25.0 Å².